The molecule has 1 aromatic carbocycles. The summed E-state index contributed by atoms with van der Waals surface area (Å²) in [4.78, 5) is 22.4. The quantitative estimate of drug-likeness (QED) is 0.718. The highest BCUT2D eigenvalue weighted by Crippen LogP contribution is 2.09. The molecule has 0 radical (unpaired) electrons. The van der Waals surface area contributed by atoms with Gasteiger partial charge >= 0.3 is 0 Å². The lowest BCUT2D eigenvalue weighted by Crippen LogP contribution is -2.27. The maximum Gasteiger partial charge on any atom is 0.221 e. The highest BCUT2D eigenvalue weighted by atomic mass is 35.5. The monoisotopic (exact) mass is 313 g/mol. The number of carbonyl (C=O) groups excluding carboxylic acids is 2. The Morgan fingerprint density at radius 2 is 1.86 bits per heavy atom. The summed E-state index contributed by atoms with van der Waals surface area (Å²) in [5.41, 5.74) is 7.50. The van der Waals surface area contributed by atoms with E-state index in [0.717, 1.165) is 17.7 Å². The van der Waals surface area contributed by atoms with Crippen molar-refractivity contribution in [1.29, 1.82) is 0 Å². The van der Waals surface area contributed by atoms with Gasteiger partial charge in [0.05, 0.1) is 0 Å². The fourth-order valence-corrected chi connectivity index (χ4v) is 1.75. The van der Waals surface area contributed by atoms with E-state index in [1.54, 1.807) is 0 Å². The zero-order valence-corrected chi connectivity index (χ0v) is 13.3. The summed E-state index contributed by atoms with van der Waals surface area (Å²) in [6.45, 7) is 3.98. The Hall–Kier alpha value is -1.59. The molecule has 1 rings (SSSR count). The summed E-state index contributed by atoms with van der Waals surface area (Å²) < 4.78 is 0. The Bertz CT molecular complexity index is 447. The van der Waals surface area contributed by atoms with E-state index < -0.39 is 0 Å². The number of hydrogen-bond acceptors (Lipinski definition) is 3. The van der Waals surface area contributed by atoms with E-state index >= 15 is 0 Å². The summed E-state index contributed by atoms with van der Waals surface area (Å²) >= 11 is 0. The van der Waals surface area contributed by atoms with Crippen molar-refractivity contribution in [3.8, 4) is 0 Å². The van der Waals surface area contributed by atoms with Crippen molar-refractivity contribution in [3.63, 3.8) is 0 Å². The van der Waals surface area contributed by atoms with E-state index in [0.29, 0.717) is 19.4 Å². The third-order valence-electron chi connectivity index (χ3n) is 2.84. The van der Waals surface area contributed by atoms with Crippen molar-refractivity contribution in [2.45, 2.75) is 39.2 Å². The van der Waals surface area contributed by atoms with Gasteiger partial charge in [0.1, 0.15) is 0 Å². The number of benzene rings is 1. The van der Waals surface area contributed by atoms with Crippen molar-refractivity contribution in [2.75, 3.05) is 11.9 Å². The van der Waals surface area contributed by atoms with E-state index in [2.05, 4.69) is 10.6 Å². The van der Waals surface area contributed by atoms with Crippen LogP contribution < -0.4 is 16.4 Å². The lowest BCUT2D eigenvalue weighted by atomic mass is 10.1. The maximum atomic E-state index is 11.5. The molecule has 1 aromatic rings. The van der Waals surface area contributed by atoms with Gasteiger partial charge in [-0.15, -0.1) is 12.4 Å². The van der Waals surface area contributed by atoms with Gasteiger partial charge in [0.15, 0.2) is 0 Å². The topological polar surface area (TPSA) is 84.2 Å². The molecule has 0 heterocycles. The zero-order valence-electron chi connectivity index (χ0n) is 12.5. The Kier molecular flexibility index (Phi) is 9.41. The minimum absolute atomic E-state index is 0. The number of anilines is 1. The number of nitrogens with two attached hydrogens (primary N) is 1. The number of carbonyl (C=O) groups is 2. The molecule has 0 aliphatic heterocycles. The molecule has 0 saturated carbocycles. The first-order valence-electron chi connectivity index (χ1n) is 6.86. The lowest BCUT2D eigenvalue weighted by Gasteiger charge is -2.08. The summed E-state index contributed by atoms with van der Waals surface area (Å²) in [5.74, 6) is -0.0451. The van der Waals surface area contributed by atoms with Gasteiger partial charge in [0, 0.05) is 31.6 Å². The van der Waals surface area contributed by atoms with Gasteiger partial charge < -0.3 is 16.4 Å². The predicted octanol–water partition coefficient (Wildman–Crippen LogP) is 1.85. The number of rotatable bonds is 7. The van der Waals surface area contributed by atoms with E-state index in [4.69, 9.17) is 5.73 Å². The van der Waals surface area contributed by atoms with Crippen LogP contribution in [-0.4, -0.2) is 24.4 Å². The van der Waals surface area contributed by atoms with Crippen LogP contribution in [0.25, 0.3) is 0 Å². The standard InChI is InChI=1S/C15H23N3O2.ClH/c1-11(16)3-8-15(20)17-10-9-13-4-6-14(7-5-13)18-12(2)19;/h4-7,11H,3,8-10,16H2,1-2H3,(H,17,20)(H,18,19);1H. The van der Waals surface area contributed by atoms with Gasteiger partial charge in [0.2, 0.25) is 11.8 Å². The fraction of sp³-hybridized carbons (Fsp3) is 0.467. The molecule has 4 N–H and O–H groups in total. The average molecular weight is 314 g/mol. The third-order valence-corrected chi connectivity index (χ3v) is 2.84. The summed E-state index contributed by atoms with van der Waals surface area (Å²) in [6.07, 6.45) is 1.95. The van der Waals surface area contributed by atoms with Crippen LogP contribution in [0, 0.1) is 0 Å². The van der Waals surface area contributed by atoms with Crippen LogP contribution in [0.3, 0.4) is 0 Å². The van der Waals surface area contributed by atoms with Crippen LogP contribution in [0.2, 0.25) is 0 Å². The molecule has 0 bridgehead atoms. The molecule has 2 amide bonds. The normalized spacial score (nSPS) is 11.2. The highest BCUT2D eigenvalue weighted by Gasteiger charge is 2.03. The van der Waals surface area contributed by atoms with Crippen LogP contribution >= 0.6 is 12.4 Å². The summed E-state index contributed by atoms with van der Waals surface area (Å²) in [6, 6.07) is 7.66. The molecule has 0 fully saturated rings. The van der Waals surface area contributed by atoms with Gasteiger partial charge in [-0.2, -0.15) is 0 Å². The van der Waals surface area contributed by atoms with Gasteiger partial charge in [-0.3, -0.25) is 9.59 Å². The van der Waals surface area contributed by atoms with Crippen LogP contribution in [-0.2, 0) is 16.0 Å². The zero-order chi connectivity index (χ0) is 15.0. The highest BCUT2D eigenvalue weighted by molar-refractivity contribution is 5.88. The molecule has 0 saturated heterocycles. The number of hydrogen-bond donors (Lipinski definition) is 3. The van der Waals surface area contributed by atoms with E-state index in [9.17, 15) is 9.59 Å². The molecule has 0 aliphatic carbocycles. The minimum atomic E-state index is -0.0841. The van der Waals surface area contributed by atoms with E-state index in [1.807, 2.05) is 31.2 Å². The van der Waals surface area contributed by atoms with Crippen LogP contribution in [0.15, 0.2) is 24.3 Å². The maximum absolute atomic E-state index is 11.5. The summed E-state index contributed by atoms with van der Waals surface area (Å²) in [7, 11) is 0. The smallest absolute Gasteiger partial charge is 0.221 e. The molecule has 118 valence electrons. The first-order valence-corrected chi connectivity index (χ1v) is 6.86. The van der Waals surface area contributed by atoms with Crippen molar-refractivity contribution in [3.05, 3.63) is 29.8 Å². The molecule has 1 unspecified atom stereocenters. The second-order valence-electron chi connectivity index (χ2n) is 4.99. The van der Waals surface area contributed by atoms with Crippen molar-refractivity contribution in [2.24, 2.45) is 5.73 Å². The molecule has 0 aliphatic rings. The Labute approximate surface area is 132 Å². The molecule has 0 spiro atoms. The third kappa shape index (κ3) is 9.05. The fourth-order valence-electron chi connectivity index (χ4n) is 1.75. The van der Waals surface area contributed by atoms with Gasteiger partial charge in [-0.05, 0) is 37.5 Å². The SMILES string of the molecule is CC(=O)Nc1ccc(CCNC(=O)CCC(C)N)cc1.Cl. The molecular formula is C15H24ClN3O2. The Balaban J connectivity index is 0.00000400. The summed E-state index contributed by atoms with van der Waals surface area (Å²) in [5, 5.41) is 5.58. The molecular weight excluding hydrogens is 290 g/mol. The van der Waals surface area contributed by atoms with Gasteiger partial charge in [0.25, 0.3) is 0 Å². The average Bonchev–Trinajstić information content (AvgIpc) is 2.38. The minimum Gasteiger partial charge on any atom is -0.356 e. The molecule has 21 heavy (non-hydrogen) atoms. The van der Waals surface area contributed by atoms with Crippen molar-refractivity contribution < 1.29 is 9.59 Å². The van der Waals surface area contributed by atoms with Crippen LogP contribution in [0.4, 0.5) is 5.69 Å². The van der Waals surface area contributed by atoms with E-state index in [1.165, 1.54) is 6.92 Å². The first kappa shape index (κ1) is 19.4. The van der Waals surface area contributed by atoms with Crippen molar-refractivity contribution in [1.82, 2.24) is 5.32 Å². The molecule has 1 atom stereocenters. The van der Waals surface area contributed by atoms with Gasteiger partial charge in [-0.1, -0.05) is 12.1 Å². The van der Waals surface area contributed by atoms with E-state index in [-0.39, 0.29) is 30.3 Å². The number of amides is 2. The molecule has 5 nitrogen and oxygen atoms in total. The van der Waals surface area contributed by atoms with Crippen LogP contribution in [0.1, 0.15) is 32.3 Å². The Morgan fingerprint density at radius 1 is 1.24 bits per heavy atom. The molecule has 0 aromatic heterocycles. The number of nitrogens with one attached hydrogen (secondary N) is 2. The predicted molar refractivity (Wildman–Crippen MR) is 87.6 cm³/mol. The Morgan fingerprint density at radius 3 is 2.38 bits per heavy atom. The second-order valence-corrected chi connectivity index (χ2v) is 4.99. The van der Waals surface area contributed by atoms with Crippen molar-refractivity contribution >= 4 is 29.9 Å². The second kappa shape index (κ2) is 10.2. The van der Waals surface area contributed by atoms with Gasteiger partial charge in [-0.25, -0.2) is 0 Å². The first-order chi connectivity index (χ1) is 9.47. The molecule has 6 heteroatoms. The number of halogens is 1. The largest absolute Gasteiger partial charge is 0.356 e. The van der Waals surface area contributed by atoms with Crippen LogP contribution in [0.5, 0.6) is 0 Å². The lowest BCUT2D eigenvalue weighted by molar-refractivity contribution is -0.121.